The average molecular weight is 285 g/mol. The van der Waals surface area contributed by atoms with E-state index in [0.717, 1.165) is 0 Å². The molecule has 0 aromatic carbocycles. The summed E-state index contributed by atoms with van der Waals surface area (Å²) in [5, 5.41) is 0. The highest BCUT2D eigenvalue weighted by molar-refractivity contribution is 7.47. The second-order valence-corrected chi connectivity index (χ2v) is 12.0. The van der Waals surface area contributed by atoms with Gasteiger partial charge in [-0.05, 0) is 27.7 Å². The first-order valence-electron chi connectivity index (χ1n) is 5.94. The van der Waals surface area contributed by atoms with Crippen LogP contribution in [0, 0.1) is 0 Å². The normalized spacial score (nSPS) is 28.8. The van der Waals surface area contributed by atoms with E-state index in [0.29, 0.717) is 0 Å². The summed E-state index contributed by atoms with van der Waals surface area (Å²) in [6.07, 6.45) is 8.67. The van der Waals surface area contributed by atoms with E-state index >= 15 is 0 Å². The highest BCUT2D eigenvalue weighted by atomic mass is 35.7. The molecule has 0 fully saturated rings. The van der Waals surface area contributed by atoms with Gasteiger partial charge in [0.2, 0.25) is 0 Å². The van der Waals surface area contributed by atoms with Gasteiger partial charge in [0.1, 0.15) is 0 Å². The van der Waals surface area contributed by atoms with E-state index in [4.69, 9.17) is 22.2 Å². The van der Waals surface area contributed by atoms with Crippen molar-refractivity contribution in [1.29, 1.82) is 0 Å². The zero-order chi connectivity index (χ0) is 12.8. The van der Waals surface area contributed by atoms with Crippen molar-refractivity contribution in [3.8, 4) is 0 Å². The number of rotatable bonds is 2. The molecule has 0 nitrogen and oxygen atoms in total. The standard InChI is InChI=1S/C14H18Cl2Si/c1-9-5-7-13(11(9)3)17(15,16)14-8-6-10(2)12(14)4/h5-8,13-14H,1-4H3. The topological polar surface area (TPSA) is 0 Å². The van der Waals surface area contributed by atoms with Gasteiger partial charge in [0.25, 0.3) is 6.69 Å². The van der Waals surface area contributed by atoms with Crippen LogP contribution < -0.4 is 0 Å². The minimum absolute atomic E-state index is 0.251. The van der Waals surface area contributed by atoms with Gasteiger partial charge in [0.05, 0.1) is 0 Å². The molecule has 0 saturated carbocycles. The minimum Gasteiger partial charge on any atom is -0.144 e. The number of halogens is 2. The Labute approximate surface area is 114 Å². The maximum atomic E-state index is 6.80. The summed E-state index contributed by atoms with van der Waals surface area (Å²) in [6.45, 7) is 6.16. The summed E-state index contributed by atoms with van der Waals surface area (Å²) < 4.78 is 0. The van der Waals surface area contributed by atoms with Crippen molar-refractivity contribution in [2.75, 3.05) is 0 Å². The summed E-state index contributed by atoms with van der Waals surface area (Å²) in [6, 6.07) is 0. The van der Waals surface area contributed by atoms with Gasteiger partial charge >= 0.3 is 0 Å². The summed E-state index contributed by atoms with van der Waals surface area (Å²) in [5.74, 6) is 0. The molecule has 0 aromatic rings. The quantitative estimate of drug-likeness (QED) is 0.467. The summed E-state index contributed by atoms with van der Waals surface area (Å²) >= 11 is 13.6. The second kappa shape index (κ2) is 4.45. The van der Waals surface area contributed by atoms with E-state index < -0.39 is 6.69 Å². The zero-order valence-electron chi connectivity index (χ0n) is 10.7. The first-order chi connectivity index (χ1) is 7.85. The van der Waals surface area contributed by atoms with Crippen LogP contribution in [0.4, 0.5) is 0 Å². The maximum Gasteiger partial charge on any atom is 0.272 e. The Bertz CT molecular complexity index is 425. The van der Waals surface area contributed by atoms with Crippen molar-refractivity contribution >= 4 is 28.9 Å². The van der Waals surface area contributed by atoms with Crippen LogP contribution in [0.15, 0.2) is 46.6 Å². The molecular formula is C14H18Cl2Si. The third-order valence-corrected chi connectivity index (χ3v) is 9.81. The van der Waals surface area contributed by atoms with Crippen molar-refractivity contribution in [3.63, 3.8) is 0 Å². The Morgan fingerprint density at radius 1 is 0.824 bits per heavy atom. The van der Waals surface area contributed by atoms with Crippen molar-refractivity contribution in [2.45, 2.75) is 38.8 Å². The number of hydrogen-bond donors (Lipinski definition) is 0. The molecule has 2 atom stereocenters. The SMILES string of the molecule is CC1=C(C)C([Si](Cl)(Cl)C2C=CC(C)=C2C)C=C1. The Morgan fingerprint density at radius 3 is 1.41 bits per heavy atom. The Balaban J connectivity index is 2.33. The minimum atomic E-state index is -2.39. The molecule has 17 heavy (non-hydrogen) atoms. The average Bonchev–Trinajstić information content (AvgIpc) is 2.75. The molecule has 0 heterocycles. The Kier molecular flexibility index (Phi) is 3.46. The largest absolute Gasteiger partial charge is 0.272 e. The molecule has 0 radical (unpaired) electrons. The number of allylic oxidation sites excluding steroid dienone is 8. The smallest absolute Gasteiger partial charge is 0.144 e. The van der Waals surface area contributed by atoms with Crippen LogP contribution in [0.25, 0.3) is 0 Å². The van der Waals surface area contributed by atoms with E-state index in [1.54, 1.807) is 0 Å². The van der Waals surface area contributed by atoms with E-state index in [2.05, 4.69) is 52.0 Å². The van der Waals surface area contributed by atoms with E-state index in [1.165, 1.54) is 22.3 Å². The van der Waals surface area contributed by atoms with Crippen LogP contribution in [-0.2, 0) is 0 Å². The van der Waals surface area contributed by atoms with Crippen molar-refractivity contribution in [1.82, 2.24) is 0 Å². The van der Waals surface area contributed by atoms with Gasteiger partial charge < -0.3 is 0 Å². The maximum absolute atomic E-state index is 6.80. The highest BCUT2D eigenvalue weighted by Gasteiger charge is 2.47. The molecule has 92 valence electrons. The van der Waals surface area contributed by atoms with Crippen LogP contribution in [0.5, 0.6) is 0 Å². The molecule has 0 spiro atoms. The van der Waals surface area contributed by atoms with Crippen molar-refractivity contribution in [2.24, 2.45) is 0 Å². The van der Waals surface area contributed by atoms with Crippen LogP contribution in [0.1, 0.15) is 27.7 Å². The highest BCUT2D eigenvalue weighted by Crippen LogP contribution is 2.53. The molecular weight excluding hydrogens is 267 g/mol. The fourth-order valence-corrected chi connectivity index (χ4v) is 8.09. The fraction of sp³-hybridized carbons (Fsp3) is 0.429. The van der Waals surface area contributed by atoms with Crippen LogP contribution >= 0.6 is 22.2 Å². The lowest BCUT2D eigenvalue weighted by atomic mass is 10.2. The third-order valence-electron chi connectivity index (χ3n) is 4.08. The third kappa shape index (κ3) is 2.09. The first kappa shape index (κ1) is 13.2. The van der Waals surface area contributed by atoms with Crippen molar-refractivity contribution < 1.29 is 0 Å². The molecule has 2 unspecified atom stereocenters. The van der Waals surface area contributed by atoms with E-state index in [-0.39, 0.29) is 11.1 Å². The van der Waals surface area contributed by atoms with Gasteiger partial charge in [0, 0.05) is 11.1 Å². The molecule has 2 aliphatic carbocycles. The molecule has 0 aliphatic heterocycles. The first-order valence-corrected chi connectivity index (χ1v) is 10.1. The number of hydrogen-bond acceptors (Lipinski definition) is 0. The van der Waals surface area contributed by atoms with E-state index in [1.807, 2.05) is 0 Å². The molecule has 0 N–H and O–H groups in total. The summed E-state index contributed by atoms with van der Waals surface area (Å²) in [7, 11) is 0. The summed E-state index contributed by atoms with van der Waals surface area (Å²) in [5.41, 5.74) is 5.81. The molecule has 3 heteroatoms. The van der Waals surface area contributed by atoms with Crippen LogP contribution in [0.2, 0.25) is 11.1 Å². The fourth-order valence-electron chi connectivity index (χ4n) is 2.55. The molecule has 2 rings (SSSR count). The lowest BCUT2D eigenvalue weighted by Gasteiger charge is -2.30. The van der Waals surface area contributed by atoms with Crippen LogP contribution in [0.3, 0.4) is 0 Å². The van der Waals surface area contributed by atoms with Crippen LogP contribution in [-0.4, -0.2) is 6.69 Å². The predicted octanol–water partition coefficient (Wildman–Crippen LogP) is 5.46. The van der Waals surface area contributed by atoms with Gasteiger partial charge in [-0.1, -0.05) is 46.6 Å². The van der Waals surface area contributed by atoms with E-state index in [9.17, 15) is 0 Å². The Hall–Kier alpha value is -0.243. The van der Waals surface area contributed by atoms with Gasteiger partial charge in [0.15, 0.2) is 0 Å². The lowest BCUT2D eigenvalue weighted by Crippen LogP contribution is -2.32. The molecule has 0 saturated heterocycles. The Morgan fingerprint density at radius 2 is 1.18 bits per heavy atom. The predicted molar refractivity (Wildman–Crippen MR) is 80.0 cm³/mol. The van der Waals surface area contributed by atoms with Gasteiger partial charge in [-0.2, -0.15) is 0 Å². The summed E-state index contributed by atoms with van der Waals surface area (Å²) in [4.78, 5) is 0. The second-order valence-electron chi connectivity index (χ2n) is 5.08. The zero-order valence-corrected chi connectivity index (χ0v) is 13.2. The molecule has 0 aromatic heterocycles. The monoisotopic (exact) mass is 284 g/mol. The molecule has 0 amide bonds. The molecule has 0 bridgehead atoms. The molecule has 2 aliphatic rings. The van der Waals surface area contributed by atoms with Gasteiger partial charge in [-0.15, -0.1) is 22.2 Å². The van der Waals surface area contributed by atoms with Gasteiger partial charge in [-0.3, -0.25) is 0 Å². The van der Waals surface area contributed by atoms with Crippen molar-refractivity contribution in [3.05, 3.63) is 46.6 Å². The van der Waals surface area contributed by atoms with Gasteiger partial charge in [-0.25, -0.2) is 0 Å². The lowest BCUT2D eigenvalue weighted by molar-refractivity contribution is 1.10.